The van der Waals surface area contributed by atoms with E-state index >= 15 is 0 Å². The van der Waals surface area contributed by atoms with E-state index in [1.807, 2.05) is 24.4 Å². The van der Waals surface area contributed by atoms with Crippen LogP contribution in [0.15, 0.2) is 73.1 Å². The van der Waals surface area contributed by atoms with Crippen molar-refractivity contribution in [2.75, 3.05) is 0 Å². The summed E-state index contributed by atoms with van der Waals surface area (Å²) in [6.07, 6.45) is 6.74. The Kier molecular flexibility index (Phi) is 4.39. The van der Waals surface area contributed by atoms with Crippen LogP contribution in [0.25, 0.3) is 10.9 Å². The van der Waals surface area contributed by atoms with Crippen molar-refractivity contribution in [2.24, 2.45) is 0 Å². The number of carboxylic acids is 1. The largest absolute Gasteiger partial charge is 0.478 e. The minimum atomic E-state index is -0.899. The third-order valence-electron chi connectivity index (χ3n) is 5.73. The molecule has 1 N–H and O–H groups in total. The van der Waals surface area contributed by atoms with Crippen molar-refractivity contribution in [3.05, 3.63) is 101 Å². The predicted molar refractivity (Wildman–Crippen MR) is 113 cm³/mol. The van der Waals surface area contributed by atoms with Gasteiger partial charge in [0.1, 0.15) is 0 Å². The van der Waals surface area contributed by atoms with E-state index < -0.39 is 5.97 Å². The maximum Gasteiger partial charge on any atom is 0.337 e. The second kappa shape index (κ2) is 7.21. The molecule has 0 unspecified atom stereocenters. The van der Waals surface area contributed by atoms with Crippen LogP contribution >= 0.6 is 0 Å². The molecule has 2 aromatic heterocycles. The SMILES string of the molecule is O=C(O)c1cc(C2CC2)cnc1Cc1cccc2c1ccn2Cc1ccccc1. The highest BCUT2D eigenvalue weighted by Crippen LogP contribution is 2.40. The molecule has 144 valence electrons. The molecule has 0 bridgehead atoms. The zero-order valence-electron chi connectivity index (χ0n) is 16.1. The summed E-state index contributed by atoms with van der Waals surface area (Å²) in [5, 5.41) is 10.9. The molecule has 2 heterocycles. The van der Waals surface area contributed by atoms with E-state index in [1.54, 1.807) is 0 Å². The number of pyridine rings is 1. The quantitative estimate of drug-likeness (QED) is 0.495. The normalized spacial score (nSPS) is 13.7. The first-order valence-electron chi connectivity index (χ1n) is 10.0. The molecule has 0 amide bonds. The van der Waals surface area contributed by atoms with Crippen LogP contribution in [0.2, 0.25) is 0 Å². The van der Waals surface area contributed by atoms with Gasteiger partial charge in [0.25, 0.3) is 0 Å². The molecule has 1 saturated carbocycles. The van der Waals surface area contributed by atoms with Crippen LogP contribution in [0.3, 0.4) is 0 Å². The molecule has 0 radical (unpaired) electrons. The fourth-order valence-electron chi connectivity index (χ4n) is 4.01. The zero-order valence-corrected chi connectivity index (χ0v) is 16.1. The Balaban J connectivity index is 1.49. The first-order valence-corrected chi connectivity index (χ1v) is 10.0. The molecular weight excluding hydrogens is 360 g/mol. The third kappa shape index (κ3) is 3.54. The monoisotopic (exact) mass is 382 g/mol. The van der Waals surface area contributed by atoms with Gasteiger partial charge in [0.15, 0.2) is 0 Å². The van der Waals surface area contributed by atoms with Crippen molar-refractivity contribution in [2.45, 2.75) is 31.7 Å². The third-order valence-corrected chi connectivity index (χ3v) is 5.73. The molecular formula is C25H22N2O2. The molecule has 1 fully saturated rings. The molecule has 4 nitrogen and oxygen atoms in total. The van der Waals surface area contributed by atoms with E-state index in [2.05, 4.69) is 58.2 Å². The Morgan fingerprint density at radius 2 is 1.90 bits per heavy atom. The van der Waals surface area contributed by atoms with Gasteiger partial charge in [0.05, 0.1) is 11.3 Å². The number of aromatic carboxylic acids is 1. The predicted octanol–water partition coefficient (Wildman–Crippen LogP) is 5.25. The molecule has 0 spiro atoms. The molecule has 0 atom stereocenters. The van der Waals surface area contributed by atoms with E-state index in [0.717, 1.165) is 41.4 Å². The van der Waals surface area contributed by atoms with Crippen molar-refractivity contribution in [1.29, 1.82) is 0 Å². The van der Waals surface area contributed by atoms with E-state index in [0.29, 0.717) is 23.6 Å². The Morgan fingerprint density at radius 1 is 1.07 bits per heavy atom. The molecule has 4 aromatic rings. The number of fused-ring (bicyclic) bond motifs is 1. The average Bonchev–Trinajstić information content (AvgIpc) is 3.51. The Hall–Kier alpha value is -3.40. The Labute approximate surface area is 169 Å². The lowest BCUT2D eigenvalue weighted by Crippen LogP contribution is -2.07. The van der Waals surface area contributed by atoms with Crippen LogP contribution in [0.5, 0.6) is 0 Å². The first-order chi connectivity index (χ1) is 14.2. The number of hydrogen-bond donors (Lipinski definition) is 1. The number of benzene rings is 2. The van der Waals surface area contributed by atoms with Gasteiger partial charge < -0.3 is 9.67 Å². The highest BCUT2D eigenvalue weighted by molar-refractivity contribution is 5.90. The Morgan fingerprint density at radius 3 is 2.66 bits per heavy atom. The van der Waals surface area contributed by atoms with Crippen molar-refractivity contribution in [1.82, 2.24) is 9.55 Å². The lowest BCUT2D eigenvalue weighted by Gasteiger charge is -2.10. The van der Waals surface area contributed by atoms with Gasteiger partial charge >= 0.3 is 5.97 Å². The highest BCUT2D eigenvalue weighted by atomic mass is 16.4. The number of carbonyl (C=O) groups is 1. The van der Waals surface area contributed by atoms with Crippen LogP contribution in [0, 0.1) is 0 Å². The molecule has 5 rings (SSSR count). The van der Waals surface area contributed by atoms with Gasteiger partial charge in [-0.3, -0.25) is 4.98 Å². The minimum absolute atomic E-state index is 0.329. The van der Waals surface area contributed by atoms with Gasteiger partial charge in [-0.15, -0.1) is 0 Å². The Bertz CT molecular complexity index is 1190. The zero-order chi connectivity index (χ0) is 19.8. The minimum Gasteiger partial charge on any atom is -0.478 e. The number of aromatic nitrogens is 2. The summed E-state index contributed by atoms with van der Waals surface area (Å²) in [6, 6.07) is 20.5. The topological polar surface area (TPSA) is 55.1 Å². The second-order valence-electron chi connectivity index (χ2n) is 7.80. The van der Waals surface area contributed by atoms with Crippen molar-refractivity contribution < 1.29 is 9.90 Å². The summed E-state index contributed by atoms with van der Waals surface area (Å²) in [7, 11) is 0. The lowest BCUT2D eigenvalue weighted by molar-refractivity contribution is 0.0695. The van der Waals surface area contributed by atoms with E-state index in [4.69, 9.17) is 0 Å². The second-order valence-corrected chi connectivity index (χ2v) is 7.80. The first kappa shape index (κ1) is 17.7. The van der Waals surface area contributed by atoms with Crippen LogP contribution in [-0.2, 0) is 13.0 Å². The molecule has 2 aromatic carbocycles. The smallest absolute Gasteiger partial charge is 0.337 e. The summed E-state index contributed by atoms with van der Waals surface area (Å²) in [4.78, 5) is 16.4. The standard InChI is InChI=1S/C25H22N2O2/c28-25(29)22-13-20(18-9-10-18)15-26-23(22)14-19-7-4-8-24-21(19)11-12-27(24)16-17-5-2-1-3-6-17/h1-8,11-13,15,18H,9-10,14,16H2,(H,28,29). The van der Waals surface area contributed by atoms with Crippen molar-refractivity contribution >= 4 is 16.9 Å². The van der Waals surface area contributed by atoms with Gasteiger partial charge in [-0.1, -0.05) is 42.5 Å². The lowest BCUT2D eigenvalue weighted by atomic mass is 10.00. The van der Waals surface area contributed by atoms with Crippen molar-refractivity contribution in [3.63, 3.8) is 0 Å². The van der Waals surface area contributed by atoms with Crippen molar-refractivity contribution in [3.8, 4) is 0 Å². The van der Waals surface area contributed by atoms with E-state index in [1.165, 1.54) is 5.56 Å². The number of carboxylic acid groups (broad SMARTS) is 1. The van der Waals surface area contributed by atoms with Crippen LogP contribution in [-0.4, -0.2) is 20.6 Å². The maximum atomic E-state index is 11.8. The molecule has 29 heavy (non-hydrogen) atoms. The fourth-order valence-corrected chi connectivity index (χ4v) is 4.01. The summed E-state index contributed by atoms with van der Waals surface area (Å²) >= 11 is 0. The summed E-state index contributed by atoms with van der Waals surface area (Å²) in [5.41, 5.74) is 5.51. The fraction of sp³-hybridized carbons (Fsp3) is 0.200. The van der Waals surface area contributed by atoms with Crippen LogP contribution < -0.4 is 0 Å². The van der Waals surface area contributed by atoms with E-state index in [-0.39, 0.29) is 0 Å². The molecule has 1 aliphatic rings. The van der Waals surface area contributed by atoms with Gasteiger partial charge in [-0.05, 0) is 53.6 Å². The number of nitrogens with zero attached hydrogens (tertiary/aromatic N) is 2. The van der Waals surface area contributed by atoms with Gasteiger partial charge in [-0.25, -0.2) is 4.79 Å². The number of rotatable bonds is 6. The van der Waals surface area contributed by atoms with Gasteiger partial charge in [0, 0.05) is 36.3 Å². The van der Waals surface area contributed by atoms with Crippen LogP contribution in [0.1, 0.15) is 51.5 Å². The van der Waals surface area contributed by atoms with E-state index in [9.17, 15) is 9.90 Å². The average molecular weight is 382 g/mol. The van der Waals surface area contributed by atoms with Gasteiger partial charge in [0.2, 0.25) is 0 Å². The molecule has 4 heteroatoms. The van der Waals surface area contributed by atoms with Crippen LogP contribution in [0.4, 0.5) is 0 Å². The molecule has 0 aliphatic heterocycles. The molecule has 0 saturated heterocycles. The van der Waals surface area contributed by atoms with Gasteiger partial charge in [-0.2, -0.15) is 0 Å². The number of hydrogen-bond acceptors (Lipinski definition) is 2. The molecule has 1 aliphatic carbocycles. The summed E-state index contributed by atoms with van der Waals surface area (Å²) in [6.45, 7) is 0.808. The summed E-state index contributed by atoms with van der Waals surface area (Å²) < 4.78 is 2.23. The maximum absolute atomic E-state index is 11.8. The summed E-state index contributed by atoms with van der Waals surface area (Å²) in [5.74, 6) is -0.408. The highest BCUT2D eigenvalue weighted by Gasteiger charge is 2.26.